The lowest BCUT2D eigenvalue weighted by Crippen LogP contribution is -2.07. The maximum Gasteiger partial charge on any atom is 0.100 e. The van der Waals surface area contributed by atoms with Gasteiger partial charge in [0.05, 0.1) is 33.3 Å². The van der Waals surface area contributed by atoms with Gasteiger partial charge < -0.3 is 9.13 Å². The first-order valence-electron chi connectivity index (χ1n) is 21.2. The van der Waals surface area contributed by atoms with E-state index in [0.29, 0.717) is 5.56 Å². The summed E-state index contributed by atoms with van der Waals surface area (Å²) in [5, 5.41) is 16.3. The molecule has 0 amide bonds. The molecule has 3 heteroatoms. The molecule has 0 spiro atoms. The lowest BCUT2D eigenvalue weighted by Gasteiger charge is -2.27. The highest BCUT2D eigenvalue weighted by Crippen LogP contribution is 2.53. The van der Waals surface area contributed by atoms with Gasteiger partial charge in [-0.2, -0.15) is 5.26 Å². The van der Waals surface area contributed by atoms with Crippen LogP contribution in [0.15, 0.2) is 238 Å². The molecule has 0 saturated carbocycles. The first kappa shape index (κ1) is 40.0. The fourth-order valence-electron chi connectivity index (χ4n) is 9.25. The second kappa shape index (κ2) is 17.6. The van der Waals surface area contributed by atoms with Gasteiger partial charge in [0.2, 0.25) is 0 Å². The second-order valence-electron chi connectivity index (χ2n) is 15.1. The average Bonchev–Trinajstić information content (AvgIpc) is 3.88. The standard InChI is InChI=1S/C55H35N3.C3H6.C2H4/c56-36-44-49(37-20-6-1-7-21-37)51(39-24-10-3-11-25-39)55(52(40-26-12-4-13-27-40)50(44)38-22-8-2-9-23-38)58-46-33-19-17-31-43(46)54-48(58)35-34-47-53(54)42-30-16-18-32-45(42)57(47)41-28-14-5-15-29-41;1-3-2;1-2/h1-35H;3H,1H2,2H3;1-2H2. The van der Waals surface area contributed by atoms with Crippen LogP contribution in [0.1, 0.15) is 12.5 Å². The number of hydrogen-bond acceptors (Lipinski definition) is 1. The van der Waals surface area contributed by atoms with Gasteiger partial charge in [-0.15, -0.1) is 19.7 Å². The highest BCUT2D eigenvalue weighted by molar-refractivity contribution is 6.29. The summed E-state index contributed by atoms with van der Waals surface area (Å²) >= 11 is 0. The molecule has 9 aromatic carbocycles. The Bertz CT molecular complexity index is 3320. The van der Waals surface area contributed by atoms with Crippen molar-refractivity contribution in [3.05, 3.63) is 244 Å². The first-order valence-corrected chi connectivity index (χ1v) is 21.2. The highest BCUT2D eigenvalue weighted by atomic mass is 15.0. The zero-order valence-corrected chi connectivity index (χ0v) is 35.2. The van der Waals surface area contributed by atoms with E-state index in [4.69, 9.17) is 0 Å². The first-order chi connectivity index (χ1) is 31.2. The van der Waals surface area contributed by atoms with Crippen LogP contribution in [0.25, 0.3) is 99.5 Å². The molecule has 0 atom stereocenters. The van der Waals surface area contributed by atoms with Crippen molar-refractivity contribution in [3.8, 4) is 62.0 Å². The van der Waals surface area contributed by atoms with E-state index in [1.165, 1.54) is 27.1 Å². The van der Waals surface area contributed by atoms with Crippen molar-refractivity contribution in [1.82, 2.24) is 9.13 Å². The van der Waals surface area contributed by atoms with Gasteiger partial charge in [0.25, 0.3) is 0 Å². The number of benzene rings is 9. The minimum atomic E-state index is 0.646. The largest absolute Gasteiger partial charge is 0.309 e. The number of rotatable bonds is 6. The van der Waals surface area contributed by atoms with Crippen LogP contribution in [0.3, 0.4) is 0 Å². The summed E-state index contributed by atoms with van der Waals surface area (Å²) in [7, 11) is 0. The molecule has 0 bridgehead atoms. The van der Waals surface area contributed by atoms with Crippen LogP contribution >= 0.6 is 0 Å². The Kier molecular flexibility index (Phi) is 11.2. The van der Waals surface area contributed by atoms with Gasteiger partial charge in [-0.05, 0) is 65.6 Å². The Morgan fingerprint density at radius 2 is 0.714 bits per heavy atom. The normalized spacial score (nSPS) is 10.8. The van der Waals surface area contributed by atoms with Gasteiger partial charge in [-0.3, -0.25) is 0 Å². The Morgan fingerprint density at radius 1 is 0.397 bits per heavy atom. The number of nitrogens with zero attached hydrogens (tertiary/aromatic N) is 3. The average molecular weight is 808 g/mol. The van der Waals surface area contributed by atoms with Gasteiger partial charge in [-0.1, -0.05) is 182 Å². The molecule has 11 rings (SSSR count). The predicted octanol–water partition coefficient (Wildman–Crippen LogP) is 16.4. The number of aromatic nitrogens is 2. The molecule has 0 radical (unpaired) electrons. The SMILES string of the molecule is C=C.C=CC.N#Cc1c(-c2ccccc2)c(-c2ccccc2)c(-n2c3ccccc3c3c4c5ccccc5n(-c5ccccc5)c4ccc32)c(-c2ccccc2)c1-c1ccccc1. The lowest BCUT2D eigenvalue weighted by atomic mass is 9.79. The molecular formula is C60H45N3. The fraction of sp³-hybridized carbons (Fsp3) is 0.0167. The zero-order chi connectivity index (χ0) is 43.3. The van der Waals surface area contributed by atoms with E-state index in [-0.39, 0.29) is 0 Å². The van der Waals surface area contributed by atoms with E-state index in [0.717, 1.165) is 72.4 Å². The van der Waals surface area contributed by atoms with E-state index in [1.807, 2.05) is 19.1 Å². The monoisotopic (exact) mass is 807 g/mol. The molecule has 3 nitrogen and oxygen atoms in total. The van der Waals surface area contributed by atoms with Crippen LogP contribution in [0.4, 0.5) is 0 Å². The molecule has 2 heterocycles. The van der Waals surface area contributed by atoms with Crippen molar-refractivity contribution in [3.63, 3.8) is 0 Å². The molecule has 0 aliphatic carbocycles. The molecule has 2 aromatic heterocycles. The minimum Gasteiger partial charge on any atom is -0.309 e. The maximum atomic E-state index is 11.5. The van der Waals surface area contributed by atoms with Gasteiger partial charge in [0.1, 0.15) is 6.07 Å². The zero-order valence-electron chi connectivity index (χ0n) is 35.2. The topological polar surface area (TPSA) is 33.6 Å². The molecule has 0 aliphatic heterocycles. The van der Waals surface area contributed by atoms with E-state index >= 15 is 0 Å². The second-order valence-corrected chi connectivity index (χ2v) is 15.1. The third kappa shape index (κ3) is 6.81. The van der Waals surface area contributed by atoms with Gasteiger partial charge in [-0.25, -0.2) is 0 Å². The van der Waals surface area contributed by atoms with Crippen LogP contribution in [0.5, 0.6) is 0 Å². The summed E-state index contributed by atoms with van der Waals surface area (Å²) in [6.45, 7) is 11.2. The fourth-order valence-corrected chi connectivity index (χ4v) is 9.25. The van der Waals surface area contributed by atoms with Crippen LogP contribution in [-0.2, 0) is 0 Å². The number of hydrogen-bond donors (Lipinski definition) is 0. The smallest absolute Gasteiger partial charge is 0.100 e. The summed E-state index contributed by atoms with van der Waals surface area (Å²) in [6.07, 6.45) is 1.75. The van der Waals surface area contributed by atoms with E-state index in [1.54, 1.807) is 6.08 Å². The number of fused-ring (bicyclic) bond motifs is 7. The number of allylic oxidation sites excluding steroid dienone is 1. The molecule has 0 fully saturated rings. The Balaban J connectivity index is 0.000000969. The number of para-hydroxylation sites is 3. The molecular weight excluding hydrogens is 763 g/mol. The van der Waals surface area contributed by atoms with Crippen molar-refractivity contribution < 1.29 is 0 Å². The summed E-state index contributed by atoms with van der Waals surface area (Å²) in [6, 6.07) is 77.8. The molecule has 0 unspecified atom stereocenters. The summed E-state index contributed by atoms with van der Waals surface area (Å²) in [5.74, 6) is 0. The van der Waals surface area contributed by atoms with Crippen molar-refractivity contribution in [2.45, 2.75) is 6.92 Å². The summed E-state index contributed by atoms with van der Waals surface area (Å²) in [5.41, 5.74) is 15.2. The van der Waals surface area contributed by atoms with Crippen LogP contribution < -0.4 is 0 Å². The molecule has 63 heavy (non-hydrogen) atoms. The molecule has 11 aromatic rings. The third-order valence-corrected chi connectivity index (χ3v) is 11.5. The van der Waals surface area contributed by atoms with Gasteiger partial charge >= 0.3 is 0 Å². The van der Waals surface area contributed by atoms with Crippen LogP contribution in [-0.4, -0.2) is 9.13 Å². The molecule has 0 N–H and O–H groups in total. The summed E-state index contributed by atoms with van der Waals surface area (Å²) < 4.78 is 4.88. The van der Waals surface area contributed by atoms with Crippen LogP contribution in [0.2, 0.25) is 0 Å². The van der Waals surface area contributed by atoms with Gasteiger partial charge in [0.15, 0.2) is 0 Å². The number of nitriles is 1. The van der Waals surface area contributed by atoms with Crippen molar-refractivity contribution in [2.75, 3.05) is 0 Å². The molecule has 0 saturated heterocycles. The van der Waals surface area contributed by atoms with E-state index < -0.39 is 0 Å². The van der Waals surface area contributed by atoms with Crippen molar-refractivity contribution in [1.29, 1.82) is 5.26 Å². The minimum absolute atomic E-state index is 0.646. The summed E-state index contributed by atoms with van der Waals surface area (Å²) in [4.78, 5) is 0. The van der Waals surface area contributed by atoms with E-state index in [2.05, 4.69) is 235 Å². The Labute approximate surface area is 369 Å². The Hall–Kier alpha value is -8.45. The Morgan fingerprint density at radius 3 is 1.11 bits per heavy atom. The molecule has 300 valence electrons. The maximum absolute atomic E-state index is 11.5. The molecule has 0 aliphatic rings. The van der Waals surface area contributed by atoms with Gasteiger partial charge in [0, 0.05) is 49.5 Å². The van der Waals surface area contributed by atoms with E-state index in [9.17, 15) is 5.26 Å². The lowest BCUT2D eigenvalue weighted by molar-refractivity contribution is 1.17. The highest BCUT2D eigenvalue weighted by Gasteiger charge is 2.31. The third-order valence-electron chi connectivity index (χ3n) is 11.5. The predicted molar refractivity (Wildman–Crippen MR) is 269 cm³/mol. The van der Waals surface area contributed by atoms with Crippen molar-refractivity contribution in [2.24, 2.45) is 0 Å². The van der Waals surface area contributed by atoms with Crippen molar-refractivity contribution >= 4 is 43.6 Å². The quantitative estimate of drug-likeness (QED) is 0.154. The van der Waals surface area contributed by atoms with Crippen LogP contribution in [0, 0.1) is 11.3 Å².